The zero-order chi connectivity index (χ0) is 37.5. The first-order valence-electron chi connectivity index (χ1n) is 19.1. The maximum Gasteiger partial charge on any atom is 0.407 e. The Morgan fingerprint density at radius 2 is 1.56 bits per heavy atom. The summed E-state index contributed by atoms with van der Waals surface area (Å²) in [6.07, 6.45) is -0.413. The minimum absolute atomic E-state index is 0.0514. The number of alkyl carbamates (subject to hydrolysis) is 1. The number of fused-ring (bicyclic) bond motifs is 1. The molecule has 2 N–H and O–H groups in total. The van der Waals surface area contributed by atoms with E-state index in [0.29, 0.717) is 33.0 Å². The molecule has 0 bridgehead atoms. The summed E-state index contributed by atoms with van der Waals surface area (Å²) in [5, 5.41) is 15.3. The first-order valence-corrected chi connectivity index (χ1v) is 19.1. The zero-order valence-electron chi connectivity index (χ0n) is 31.3. The average molecular weight is 739 g/mol. The topological polar surface area (TPSA) is 113 Å². The first-order chi connectivity index (χ1) is 26.4. The maximum absolute atomic E-state index is 12.9. The van der Waals surface area contributed by atoms with Crippen molar-refractivity contribution < 1.29 is 33.6 Å². The number of carboxylic acid groups (broad SMARTS) is 1. The van der Waals surface area contributed by atoms with Crippen LogP contribution in [-0.2, 0) is 27.4 Å². The summed E-state index contributed by atoms with van der Waals surface area (Å²) in [5.74, 6) is 0.176. The Morgan fingerprint density at radius 1 is 0.796 bits per heavy atom. The molecule has 2 heterocycles. The standard InChI is InChI=1S/C43H54N4O7/c1-45-21-23-46(24-22-45)20-7-19-44-42(48)54-32-38-28-47(43(49)50)29-40(53-31-34-13-14-35-11-5-6-12-37(35)27-34)41(38)36-15-17-39(18-16-36)52-26-8-25-51-30-33-9-3-2-4-10-33/h2-6,9-18,27,38,40-41H,7-8,19-26,28-32H2,1H3,(H,44,48)(H,49,50). The second kappa shape index (κ2) is 20.1. The molecule has 3 unspecified atom stereocenters. The van der Waals surface area contributed by atoms with Crippen molar-refractivity contribution in [2.75, 3.05) is 79.2 Å². The van der Waals surface area contributed by atoms with Crippen LogP contribution >= 0.6 is 0 Å². The number of ether oxygens (including phenoxy) is 4. The Balaban J connectivity index is 1.08. The predicted octanol–water partition coefficient (Wildman–Crippen LogP) is 6.47. The number of nitrogens with one attached hydrogen (secondary N) is 1. The smallest absolute Gasteiger partial charge is 0.407 e. The van der Waals surface area contributed by atoms with Crippen molar-refractivity contribution in [1.29, 1.82) is 0 Å². The number of benzene rings is 4. The van der Waals surface area contributed by atoms with E-state index in [1.807, 2.05) is 72.8 Å². The molecule has 288 valence electrons. The second-order valence-electron chi connectivity index (χ2n) is 14.3. The number of carbonyl (C=O) groups excluding carboxylic acids is 1. The molecule has 2 aliphatic heterocycles. The van der Waals surface area contributed by atoms with Crippen LogP contribution in [0.3, 0.4) is 0 Å². The van der Waals surface area contributed by atoms with Gasteiger partial charge in [-0.25, -0.2) is 9.59 Å². The molecule has 4 aromatic carbocycles. The highest BCUT2D eigenvalue weighted by atomic mass is 16.5. The largest absolute Gasteiger partial charge is 0.494 e. The van der Waals surface area contributed by atoms with Crippen LogP contribution in [0.4, 0.5) is 9.59 Å². The number of amides is 2. The minimum Gasteiger partial charge on any atom is -0.494 e. The fourth-order valence-corrected chi connectivity index (χ4v) is 7.29. The van der Waals surface area contributed by atoms with E-state index in [1.54, 1.807) is 0 Å². The lowest BCUT2D eigenvalue weighted by Crippen LogP contribution is -2.52. The summed E-state index contributed by atoms with van der Waals surface area (Å²) in [7, 11) is 2.14. The Hall–Kier alpha value is -4.68. The number of piperazine rings is 1. The second-order valence-corrected chi connectivity index (χ2v) is 14.3. The van der Waals surface area contributed by atoms with Crippen LogP contribution < -0.4 is 10.1 Å². The molecule has 0 radical (unpaired) electrons. The lowest BCUT2D eigenvalue weighted by molar-refractivity contribution is -0.0494. The van der Waals surface area contributed by atoms with Crippen LogP contribution in [0.1, 0.15) is 35.4 Å². The summed E-state index contributed by atoms with van der Waals surface area (Å²) in [6, 6.07) is 32.4. The summed E-state index contributed by atoms with van der Waals surface area (Å²) in [6.45, 7) is 8.07. The van der Waals surface area contributed by atoms with Gasteiger partial charge in [0.25, 0.3) is 0 Å². The van der Waals surface area contributed by atoms with Gasteiger partial charge in [0.05, 0.1) is 45.7 Å². The molecule has 2 fully saturated rings. The summed E-state index contributed by atoms with van der Waals surface area (Å²) < 4.78 is 24.2. The third-order valence-corrected chi connectivity index (χ3v) is 10.3. The van der Waals surface area contributed by atoms with Crippen LogP contribution in [0.25, 0.3) is 10.8 Å². The van der Waals surface area contributed by atoms with Gasteiger partial charge in [0.1, 0.15) is 5.75 Å². The van der Waals surface area contributed by atoms with Gasteiger partial charge in [-0.1, -0.05) is 78.9 Å². The Bertz CT molecular complexity index is 1750. The number of hydrogen-bond acceptors (Lipinski definition) is 8. The molecule has 0 aromatic heterocycles. The molecule has 2 saturated heterocycles. The van der Waals surface area contributed by atoms with Crippen molar-refractivity contribution in [1.82, 2.24) is 20.0 Å². The van der Waals surface area contributed by atoms with Gasteiger partial charge >= 0.3 is 12.2 Å². The van der Waals surface area contributed by atoms with Gasteiger partial charge in [0, 0.05) is 57.5 Å². The van der Waals surface area contributed by atoms with Gasteiger partial charge in [-0.15, -0.1) is 0 Å². The lowest BCUT2D eigenvalue weighted by Gasteiger charge is -2.42. The number of nitrogens with zero attached hydrogens (tertiary/aromatic N) is 3. The van der Waals surface area contributed by atoms with E-state index in [0.717, 1.165) is 78.8 Å². The molecule has 4 aromatic rings. The molecule has 11 nitrogen and oxygen atoms in total. The number of rotatable bonds is 17. The lowest BCUT2D eigenvalue weighted by atomic mass is 9.78. The quantitative estimate of drug-likeness (QED) is 0.118. The van der Waals surface area contributed by atoms with Crippen molar-refractivity contribution >= 4 is 23.0 Å². The Labute approximate surface area is 318 Å². The third kappa shape index (κ3) is 11.7. The summed E-state index contributed by atoms with van der Waals surface area (Å²) in [4.78, 5) is 31.4. The summed E-state index contributed by atoms with van der Waals surface area (Å²) >= 11 is 0. The van der Waals surface area contributed by atoms with Crippen LogP contribution in [0.15, 0.2) is 97.1 Å². The molecule has 2 aliphatic rings. The minimum atomic E-state index is -1.03. The molecule has 2 amide bonds. The van der Waals surface area contributed by atoms with Crippen molar-refractivity contribution in [2.24, 2.45) is 5.92 Å². The number of likely N-dealkylation sites (tertiary alicyclic amines) is 1. The number of piperidine rings is 1. The van der Waals surface area contributed by atoms with E-state index in [4.69, 9.17) is 18.9 Å². The Kier molecular flexibility index (Phi) is 14.5. The Morgan fingerprint density at radius 3 is 2.33 bits per heavy atom. The van der Waals surface area contributed by atoms with Crippen LogP contribution in [-0.4, -0.2) is 117 Å². The van der Waals surface area contributed by atoms with Crippen LogP contribution in [0, 0.1) is 5.92 Å². The van der Waals surface area contributed by atoms with Gasteiger partial charge in [-0.2, -0.15) is 0 Å². The molecule has 0 aliphatic carbocycles. The normalized spacial score (nSPS) is 19.4. The molecule has 6 rings (SSSR count). The van der Waals surface area contributed by atoms with E-state index in [-0.39, 0.29) is 31.5 Å². The van der Waals surface area contributed by atoms with Gasteiger partial charge in [-0.05, 0) is 65.7 Å². The molecule has 0 spiro atoms. The van der Waals surface area contributed by atoms with E-state index >= 15 is 0 Å². The van der Waals surface area contributed by atoms with Crippen molar-refractivity contribution in [3.05, 3.63) is 114 Å². The van der Waals surface area contributed by atoms with E-state index < -0.39 is 18.3 Å². The molecule has 54 heavy (non-hydrogen) atoms. The van der Waals surface area contributed by atoms with Crippen molar-refractivity contribution in [3.8, 4) is 5.75 Å². The fourth-order valence-electron chi connectivity index (χ4n) is 7.29. The number of likely N-dealkylation sites (N-methyl/N-ethyl adjacent to an activating group) is 1. The molecule has 11 heteroatoms. The number of carbonyl (C=O) groups is 2. The highest BCUT2D eigenvalue weighted by Gasteiger charge is 2.41. The van der Waals surface area contributed by atoms with E-state index in [1.165, 1.54) is 4.90 Å². The fraction of sp³-hybridized carbons (Fsp3) is 0.442. The number of hydrogen-bond donors (Lipinski definition) is 2. The SMILES string of the molecule is CN1CCN(CCCNC(=O)OCC2CN(C(=O)O)CC(OCc3ccc4ccccc4c3)C2c2ccc(OCCCOCc3ccccc3)cc2)CC1. The van der Waals surface area contributed by atoms with Gasteiger partial charge in [0.15, 0.2) is 0 Å². The zero-order valence-corrected chi connectivity index (χ0v) is 31.3. The van der Waals surface area contributed by atoms with Gasteiger partial charge < -0.3 is 44.1 Å². The van der Waals surface area contributed by atoms with Crippen molar-refractivity contribution in [3.63, 3.8) is 0 Å². The molecule has 3 atom stereocenters. The van der Waals surface area contributed by atoms with E-state index in [9.17, 15) is 14.7 Å². The average Bonchev–Trinajstić information content (AvgIpc) is 3.20. The van der Waals surface area contributed by atoms with Crippen LogP contribution in [0.5, 0.6) is 5.75 Å². The monoisotopic (exact) mass is 738 g/mol. The highest BCUT2D eigenvalue weighted by molar-refractivity contribution is 5.83. The third-order valence-electron chi connectivity index (χ3n) is 10.3. The van der Waals surface area contributed by atoms with Crippen molar-refractivity contribution in [2.45, 2.75) is 38.1 Å². The maximum atomic E-state index is 12.9. The van der Waals surface area contributed by atoms with Gasteiger partial charge in [0.2, 0.25) is 0 Å². The van der Waals surface area contributed by atoms with Gasteiger partial charge in [-0.3, -0.25) is 0 Å². The predicted molar refractivity (Wildman–Crippen MR) is 209 cm³/mol. The molecular weight excluding hydrogens is 684 g/mol. The van der Waals surface area contributed by atoms with Crippen LogP contribution in [0.2, 0.25) is 0 Å². The first kappa shape index (κ1) is 39.0. The molecular formula is C43H54N4O7. The van der Waals surface area contributed by atoms with E-state index in [2.05, 4.69) is 46.4 Å². The summed E-state index contributed by atoms with van der Waals surface area (Å²) in [5.41, 5.74) is 3.12. The highest BCUT2D eigenvalue weighted by Crippen LogP contribution is 2.37. The molecule has 0 saturated carbocycles.